The molecule has 0 nitrogen and oxygen atoms in total. The lowest BCUT2D eigenvalue weighted by Gasteiger charge is -2.41. The third-order valence-corrected chi connectivity index (χ3v) is 3.73. The molecule has 0 amide bonds. The molecular weight excluding hydrogens is 168 g/mol. The Bertz CT molecular complexity index is 340. The molecule has 0 aliphatic heterocycles. The highest BCUT2D eigenvalue weighted by atomic mass is 14.4. The van der Waals surface area contributed by atoms with Crippen LogP contribution in [0.5, 0.6) is 0 Å². The van der Waals surface area contributed by atoms with Gasteiger partial charge < -0.3 is 0 Å². The Morgan fingerprint density at radius 1 is 1.21 bits per heavy atom. The van der Waals surface area contributed by atoms with E-state index in [-0.39, 0.29) is 0 Å². The van der Waals surface area contributed by atoms with Crippen LogP contribution in [0.3, 0.4) is 0 Å². The van der Waals surface area contributed by atoms with Crippen LogP contribution < -0.4 is 0 Å². The Morgan fingerprint density at radius 3 is 3.00 bits per heavy atom. The van der Waals surface area contributed by atoms with Crippen molar-refractivity contribution in [1.82, 2.24) is 0 Å². The predicted octanol–water partition coefficient (Wildman–Crippen LogP) is 3.73. The molecule has 0 heterocycles. The SMILES string of the molecule is CC1[CH]CCC[C]2c3ccccc3C21. The standard InChI is InChI=1S/C14H16/c1-10-6-2-3-8-12-11-7-4-5-9-13(11)14(10)12/h4-7,9-10,14H,2-3,8H2,1H3. The second kappa shape index (κ2) is 3.12. The van der Waals surface area contributed by atoms with Crippen molar-refractivity contribution in [3.63, 3.8) is 0 Å². The van der Waals surface area contributed by atoms with Crippen LogP contribution in [0.25, 0.3) is 0 Å². The largest absolute Gasteiger partial charge is 0.0620 e. The van der Waals surface area contributed by atoms with Crippen molar-refractivity contribution in [3.8, 4) is 0 Å². The molecule has 2 aliphatic rings. The van der Waals surface area contributed by atoms with Crippen LogP contribution >= 0.6 is 0 Å². The zero-order valence-corrected chi connectivity index (χ0v) is 8.66. The summed E-state index contributed by atoms with van der Waals surface area (Å²) in [5.74, 6) is 3.23. The van der Waals surface area contributed by atoms with Crippen molar-refractivity contribution in [2.45, 2.75) is 32.1 Å². The maximum absolute atomic E-state index is 2.51. The minimum atomic E-state index is 0.752. The molecule has 3 rings (SSSR count). The lowest BCUT2D eigenvalue weighted by atomic mass is 9.62. The molecule has 1 aromatic carbocycles. The summed E-state index contributed by atoms with van der Waals surface area (Å²) in [6.07, 6.45) is 6.48. The fraction of sp³-hybridized carbons (Fsp3) is 0.429. The van der Waals surface area contributed by atoms with E-state index in [1.165, 1.54) is 19.3 Å². The van der Waals surface area contributed by atoms with Crippen LogP contribution in [0.2, 0.25) is 0 Å². The van der Waals surface area contributed by atoms with Crippen molar-refractivity contribution < 1.29 is 0 Å². The van der Waals surface area contributed by atoms with Gasteiger partial charge >= 0.3 is 0 Å². The molecule has 0 bridgehead atoms. The minimum absolute atomic E-state index is 0.752. The maximum atomic E-state index is 2.51. The first kappa shape index (κ1) is 8.52. The highest BCUT2D eigenvalue weighted by Gasteiger charge is 2.41. The lowest BCUT2D eigenvalue weighted by molar-refractivity contribution is 0.496. The average Bonchev–Trinajstić information content (AvgIpc) is 2.33. The van der Waals surface area contributed by atoms with Crippen LogP contribution in [0.15, 0.2) is 24.3 Å². The quantitative estimate of drug-likeness (QED) is 0.576. The van der Waals surface area contributed by atoms with Crippen molar-refractivity contribution >= 4 is 0 Å². The Hall–Kier alpha value is -0.780. The van der Waals surface area contributed by atoms with E-state index in [0.29, 0.717) is 0 Å². The number of rotatable bonds is 0. The Morgan fingerprint density at radius 2 is 2.07 bits per heavy atom. The predicted molar refractivity (Wildman–Crippen MR) is 58.8 cm³/mol. The summed E-state index contributed by atoms with van der Waals surface area (Å²) in [4.78, 5) is 0. The summed E-state index contributed by atoms with van der Waals surface area (Å²) in [6.45, 7) is 2.37. The van der Waals surface area contributed by atoms with Gasteiger partial charge in [0.25, 0.3) is 0 Å². The minimum Gasteiger partial charge on any atom is -0.0620 e. The van der Waals surface area contributed by atoms with Gasteiger partial charge in [-0.2, -0.15) is 0 Å². The molecule has 0 aromatic heterocycles. The molecular formula is C14H16. The lowest BCUT2D eigenvalue weighted by Crippen LogP contribution is -2.28. The molecule has 0 spiro atoms. The van der Waals surface area contributed by atoms with E-state index in [1.807, 2.05) is 0 Å². The Balaban J connectivity index is 2.00. The summed E-state index contributed by atoms with van der Waals surface area (Å²) in [5, 5.41) is 0. The molecule has 72 valence electrons. The monoisotopic (exact) mass is 184 g/mol. The highest BCUT2D eigenvalue weighted by molar-refractivity contribution is 5.56. The van der Waals surface area contributed by atoms with E-state index in [2.05, 4.69) is 37.6 Å². The van der Waals surface area contributed by atoms with Crippen LogP contribution in [0.1, 0.15) is 43.2 Å². The van der Waals surface area contributed by atoms with E-state index >= 15 is 0 Å². The normalized spacial score (nSPS) is 31.2. The van der Waals surface area contributed by atoms with Gasteiger partial charge in [-0.3, -0.25) is 0 Å². The molecule has 2 radical (unpaired) electrons. The summed E-state index contributed by atoms with van der Waals surface area (Å²) in [5.41, 5.74) is 3.15. The van der Waals surface area contributed by atoms with E-state index in [4.69, 9.17) is 0 Å². The van der Waals surface area contributed by atoms with Gasteiger partial charge in [0.15, 0.2) is 0 Å². The first-order valence-corrected chi connectivity index (χ1v) is 5.66. The summed E-state index contributed by atoms with van der Waals surface area (Å²) in [7, 11) is 0. The molecule has 14 heavy (non-hydrogen) atoms. The fourth-order valence-electron chi connectivity index (χ4n) is 3.04. The maximum Gasteiger partial charge on any atom is 0.0130 e. The molecule has 1 aromatic rings. The Kier molecular flexibility index (Phi) is 1.90. The summed E-state index contributed by atoms with van der Waals surface area (Å²) < 4.78 is 0. The highest BCUT2D eigenvalue weighted by Crippen LogP contribution is 2.54. The number of fused-ring (bicyclic) bond motifs is 4. The molecule has 1 saturated carbocycles. The number of benzene rings is 1. The van der Waals surface area contributed by atoms with E-state index in [1.54, 1.807) is 17.0 Å². The van der Waals surface area contributed by atoms with E-state index < -0.39 is 0 Å². The van der Waals surface area contributed by atoms with Crippen LogP contribution in [-0.4, -0.2) is 0 Å². The third kappa shape index (κ3) is 1.06. The summed E-state index contributed by atoms with van der Waals surface area (Å²) in [6, 6.07) is 8.94. The fourth-order valence-corrected chi connectivity index (χ4v) is 3.04. The van der Waals surface area contributed by atoms with Crippen LogP contribution in [0.4, 0.5) is 0 Å². The third-order valence-electron chi connectivity index (χ3n) is 3.73. The summed E-state index contributed by atoms with van der Waals surface area (Å²) >= 11 is 0. The van der Waals surface area contributed by atoms with Gasteiger partial charge in [0.05, 0.1) is 0 Å². The van der Waals surface area contributed by atoms with Gasteiger partial charge in [0.1, 0.15) is 0 Å². The van der Waals surface area contributed by atoms with Gasteiger partial charge in [0, 0.05) is 5.92 Å². The van der Waals surface area contributed by atoms with Crippen LogP contribution in [0, 0.1) is 18.3 Å². The molecule has 2 aliphatic carbocycles. The molecule has 0 N–H and O–H groups in total. The van der Waals surface area contributed by atoms with Gasteiger partial charge in [0.2, 0.25) is 0 Å². The molecule has 0 saturated heterocycles. The molecule has 1 fully saturated rings. The van der Waals surface area contributed by atoms with Gasteiger partial charge in [-0.25, -0.2) is 0 Å². The van der Waals surface area contributed by atoms with Crippen molar-refractivity contribution in [2.24, 2.45) is 5.92 Å². The molecule has 0 heteroatoms. The van der Waals surface area contributed by atoms with Crippen molar-refractivity contribution in [1.29, 1.82) is 0 Å². The second-order valence-electron chi connectivity index (χ2n) is 4.58. The van der Waals surface area contributed by atoms with E-state index in [0.717, 1.165) is 11.8 Å². The first-order valence-electron chi connectivity index (χ1n) is 5.66. The molecule has 2 atom stereocenters. The van der Waals surface area contributed by atoms with Gasteiger partial charge in [-0.05, 0) is 42.2 Å². The first-order chi connectivity index (χ1) is 6.88. The van der Waals surface area contributed by atoms with Crippen molar-refractivity contribution in [3.05, 3.63) is 47.7 Å². The zero-order valence-electron chi connectivity index (χ0n) is 8.66. The average molecular weight is 184 g/mol. The van der Waals surface area contributed by atoms with E-state index in [9.17, 15) is 0 Å². The number of hydrogen-bond donors (Lipinski definition) is 0. The smallest absolute Gasteiger partial charge is 0.0130 e. The number of hydrogen-bond acceptors (Lipinski definition) is 0. The van der Waals surface area contributed by atoms with Gasteiger partial charge in [-0.1, -0.05) is 37.6 Å². The molecule has 2 unspecified atom stereocenters. The zero-order chi connectivity index (χ0) is 9.54. The second-order valence-corrected chi connectivity index (χ2v) is 4.58. The van der Waals surface area contributed by atoms with Gasteiger partial charge in [-0.15, -0.1) is 0 Å². The Labute approximate surface area is 86.3 Å². The van der Waals surface area contributed by atoms with Crippen LogP contribution in [-0.2, 0) is 0 Å². The van der Waals surface area contributed by atoms with Crippen molar-refractivity contribution in [2.75, 3.05) is 0 Å². The topological polar surface area (TPSA) is 0 Å².